The number of para-hydroxylation sites is 1. The minimum atomic E-state index is -0.997. The molecule has 0 fully saturated rings. The molecule has 0 bridgehead atoms. The van der Waals surface area contributed by atoms with Crippen LogP contribution in [-0.4, -0.2) is 35.8 Å². The van der Waals surface area contributed by atoms with Gasteiger partial charge in [0.1, 0.15) is 11.4 Å². The summed E-state index contributed by atoms with van der Waals surface area (Å²) in [6.45, 7) is 5.22. The van der Waals surface area contributed by atoms with Crippen molar-refractivity contribution in [2.24, 2.45) is 0 Å². The fraction of sp³-hybridized carbons (Fsp3) is 0.250. The maximum atomic E-state index is 11.3. The smallest absolute Gasteiger partial charge is 0.339 e. The molecule has 0 aliphatic heterocycles. The second-order valence-electron chi connectivity index (χ2n) is 4.50. The molecule has 0 amide bonds. The van der Waals surface area contributed by atoms with Gasteiger partial charge in [-0.3, -0.25) is 0 Å². The van der Waals surface area contributed by atoms with Crippen molar-refractivity contribution in [3.8, 4) is 0 Å². The minimum absolute atomic E-state index is 0.166. The van der Waals surface area contributed by atoms with E-state index in [1.165, 1.54) is 0 Å². The SMILES string of the molecule is C=CCCOCCNc1nc2ccccc2cc1C(=O)O. The highest BCUT2D eigenvalue weighted by Gasteiger charge is 2.12. The molecule has 0 atom stereocenters. The molecule has 1 aromatic carbocycles. The zero-order valence-electron chi connectivity index (χ0n) is 11.7. The summed E-state index contributed by atoms with van der Waals surface area (Å²) in [6, 6.07) is 9.06. The summed E-state index contributed by atoms with van der Waals surface area (Å²) in [4.78, 5) is 15.7. The minimum Gasteiger partial charge on any atom is -0.478 e. The average Bonchev–Trinajstić information content (AvgIpc) is 2.49. The molecule has 21 heavy (non-hydrogen) atoms. The number of carbonyl (C=O) groups is 1. The molecule has 0 aliphatic rings. The number of benzene rings is 1. The van der Waals surface area contributed by atoms with Crippen LogP contribution in [0.2, 0.25) is 0 Å². The first-order valence-corrected chi connectivity index (χ1v) is 6.78. The van der Waals surface area contributed by atoms with E-state index < -0.39 is 5.97 Å². The standard InChI is InChI=1S/C16H18N2O3/c1-2-3-9-21-10-8-17-15-13(16(19)20)11-12-6-4-5-7-14(12)18-15/h2,4-7,11H,1,3,8-10H2,(H,17,18)(H,19,20). The Morgan fingerprint density at radius 3 is 2.95 bits per heavy atom. The van der Waals surface area contributed by atoms with E-state index in [1.54, 1.807) is 12.1 Å². The molecule has 1 aromatic heterocycles. The Bertz CT molecular complexity index is 640. The number of anilines is 1. The molecule has 2 rings (SSSR count). The lowest BCUT2D eigenvalue weighted by molar-refractivity contribution is 0.0697. The van der Waals surface area contributed by atoms with Gasteiger partial charge in [-0.05, 0) is 18.6 Å². The molecule has 0 radical (unpaired) electrons. The van der Waals surface area contributed by atoms with Gasteiger partial charge < -0.3 is 15.2 Å². The number of nitrogens with zero attached hydrogens (tertiary/aromatic N) is 1. The number of carboxylic acid groups (broad SMARTS) is 1. The molecule has 0 unspecified atom stereocenters. The Morgan fingerprint density at radius 1 is 1.38 bits per heavy atom. The van der Waals surface area contributed by atoms with Crippen LogP contribution in [0.1, 0.15) is 16.8 Å². The summed E-state index contributed by atoms with van der Waals surface area (Å²) >= 11 is 0. The molecular weight excluding hydrogens is 268 g/mol. The number of hydrogen-bond acceptors (Lipinski definition) is 4. The van der Waals surface area contributed by atoms with E-state index in [1.807, 2.05) is 24.3 Å². The van der Waals surface area contributed by atoms with Gasteiger partial charge in [0.25, 0.3) is 0 Å². The van der Waals surface area contributed by atoms with Gasteiger partial charge in [-0.25, -0.2) is 9.78 Å². The number of hydrogen-bond donors (Lipinski definition) is 2. The van der Waals surface area contributed by atoms with Gasteiger partial charge >= 0.3 is 5.97 Å². The number of ether oxygens (including phenoxy) is 1. The molecule has 0 saturated heterocycles. The summed E-state index contributed by atoms with van der Waals surface area (Å²) in [5, 5.41) is 13.1. The fourth-order valence-electron chi connectivity index (χ4n) is 1.92. The number of pyridine rings is 1. The van der Waals surface area contributed by atoms with Gasteiger partial charge in [0.15, 0.2) is 0 Å². The quantitative estimate of drug-likeness (QED) is 0.576. The lowest BCUT2D eigenvalue weighted by atomic mass is 10.1. The molecule has 5 heteroatoms. The van der Waals surface area contributed by atoms with Gasteiger partial charge in [0.2, 0.25) is 0 Å². The Kier molecular flexibility index (Phi) is 5.29. The highest BCUT2D eigenvalue weighted by Crippen LogP contribution is 2.20. The van der Waals surface area contributed by atoms with Crippen molar-refractivity contribution < 1.29 is 14.6 Å². The third kappa shape index (κ3) is 4.03. The number of carboxylic acids is 1. The molecule has 0 saturated carbocycles. The van der Waals surface area contributed by atoms with Crippen molar-refractivity contribution in [2.75, 3.05) is 25.1 Å². The molecule has 2 N–H and O–H groups in total. The Morgan fingerprint density at radius 2 is 2.19 bits per heavy atom. The number of aromatic carboxylic acids is 1. The summed E-state index contributed by atoms with van der Waals surface area (Å²) in [7, 11) is 0. The molecule has 0 spiro atoms. The second-order valence-corrected chi connectivity index (χ2v) is 4.50. The van der Waals surface area contributed by atoms with Crippen LogP contribution in [0.15, 0.2) is 43.0 Å². The highest BCUT2D eigenvalue weighted by molar-refractivity contribution is 5.98. The average molecular weight is 286 g/mol. The molecule has 1 heterocycles. The van der Waals surface area contributed by atoms with Crippen LogP contribution >= 0.6 is 0 Å². The van der Waals surface area contributed by atoms with Crippen molar-refractivity contribution in [3.63, 3.8) is 0 Å². The zero-order valence-corrected chi connectivity index (χ0v) is 11.7. The molecule has 110 valence electrons. The Hall–Kier alpha value is -2.40. The first kappa shape index (κ1) is 15.0. The van der Waals surface area contributed by atoms with E-state index >= 15 is 0 Å². The molecule has 2 aromatic rings. The van der Waals surface area contributed by atoms with Crippen molar-refractivity contribution in [3.05, 3.63) is 48.6 Å². The van der Waals surface area contributed by atoms with Gasteiger partial charge in [-0.2, -0.15) is 0 Å². The first-order valence-electron chi connectivity index (χ1n) is 6.78. The van der Waals surface area contributed by atoms with E-state index in [2.05, 4.69) is 16.9 Å². The normalized spacial score (nSPS) is 10.5. The van der Waals surface area contributed by atoms with E-state index in [-0.39, 0.29) is 5.56 Å². The van der Waals surface area contributed by atoms with Crippen LogP contribution in [0, 0.1) is 0 Å². The van der Waals surface area contributed by atoms with E-state index in [9.17, 15) is 9.90 Å². The predicted octanol–water partition coefficient (Wildman–Crippen LogP) is 2.94. The van der Waals surface area contributed by atoms with Crippen LogP contribution in [-0.2, 0) is 4.74 Å². The monoisotopic (exact) mass is 286 g/mol. The largest absolute Gasteiger partial charge is 0.478 e. The first-order chi connectivity index (χ1) is 10.2. The molecule has 0 aliphatic carbocycles. The van der Waals surface area contributed by atoms with Gasteiger partial charge in [-0.15, -0.1) is 6.58 Å². The van der Waals surface area contributed by atoms with Crippen LogP contribution in [0.4, 0.5) is 5.82 Å². The molecule has 5 nitrogen and oxygen atoms in total. The van der Waals surface area contributed by atoms with Gasteiger partial charge in [-0.1, -0.05) is 24.3 Å². The number of fused-ring (bicyclic) bond motifs is 1. The predicted molar refractivity (Wildman–Crippen MR) is 82.8 cm³/mol. The highest BCUT2D eigenvalue weighted by atomic mass is 16.5. The lowest BCUT2D eigenvalue weighted by Gasteiger charge is -2.10. The number of rotatable bonds is 8. The lowest BCUT2D eigenvalue weighted by Crippen LogP contribution is -2.14. The second kappa shape index (κ2) is 7.40. The maximum absolute atomic E-state index is 11.3. The summed E-state index contributed by atoms with van der Waals surface area (Å²) in [5.74, 6) is -0.628. The summed E-state index contributed by atoms with van der Waals surface area (Å²) in [6.07, 6.45) is 2.59. The third-order valence-electron chi connectivity index (χ3n) is 2.96. The summed E-state index contributed by atoms with van der Waals surface area (Å²) < 4.78 is 5.37. The maximum Gasteiger partial charge on any atom is 0.339 e. The number of nitrogens with one attached hydrogen (secondary N) is 1. The van der Waals surface area contributed by atoms with E-state index in [4.69, 9.17) is 4.74 Å². The van der Waals surface area contributed by atoms with Crippen LogP contribution in [0.3, 0.4) is 0 Å². The van der Waals surface area contributed by atoms with Crippen molar-refractivity contribution in [2.45, 2.75) is 6.42 Å². The van der Waals surface area contributed by atoms with Gasteiger partial charge in [0.05, 0.1) is 18.7 Å². The Labute approximate surface area is 123 Å². The number of aromatic nitrogens is 1. The van der Waals surface area contributed by atoms with Crippen LogP contribution in [0.25, 0.3) is 10.9 Å². The van der Waals surface area contributed by atoms with E-state index in [0.29, 0.717) is 25.6 Å². The van der Waals surface area contributed by atoms with Gasteiger partial charge in [0, 0.05) is 11.9 Å². The van der Waals surface area contributed by atoms with Crippen LogP contribution < -0.4 is 5.32 Å². The van der Waals surface area contributed by atoms with Crippen molar-refractivity contribution >= 4 is 22.7 Å². The van der Waals surface area contributed by atoms with Crippen LogP contribution in [0.5, 0.6) is 0 Å². The van der Waals surface area contributed by atoms with Crippen molar-refractivity contribution in [1.29, 1.82) is 0 Å². The topological polar surface area (TPSA) is 71.5 Å². The van der Waals surface area contributed by atoms with E-state index in [0.717, 1.165) is 17.3 Å². The zero-order chi connectivity index (χ0) is 15.1. The van der Waals surface area contributed by atoms with Crippen molar-refractivity contribution in [1.82, 2.24) is 4.98 Å². The fourth-order valence-corrected chi connectivity index (χ4v) is 1.92. The molecular formula is C16H18N2O3. The Balaban J connectivity index is 2.08. The third-order valence-corrected chi connectivity index (χ3v) is 2.96. The summed E-state index contributed by atoms with van der Waals surface area (Å²) in [5.41, 5.74) is 0.928.